The topological polar surface area (TPSA) is 26.8 Å². The van der Waals surface area contributed by atoms with Crippen LogP contribution in [0.3, 0.4) is 0 Å². The number of amides is 1. The SMILES string of the molecule is CC1CN(C(=O)CC(C)(C)c2ccccc2)CC(C)N1CCN(C)C. The number of carbonyl (C=O) groups excluding carboxylic acids is 1. The molecule has 0 N–H and O–H groups in total. The third kappa shape index (κ3) is 5.29. The average molecular weight is 346 g/mol. The number of nitrogens with zero attached hydrogens (tertiary/aromatic N) is 3. The van der Waals surface area contributed by atoms with Crippen LogP contribution in [-0.4, -0.2) is 73.0 Å². The van der Waals surface area contributed by atoms with Crippen LogP contribution in [0.4, 0.5) is 0 Å². The summed E-state index contributed by atoms with van der Waals surface area (Å²) in [6.45, 7) is 12.6. The van der Waals surface area contributed by atoms with Gasteiger partial charge in [0.25, 0.3) is 0 Å². The van der Waals surface area contributed by atoms with E-state index in [9.17, 15) is 4.79 Å². The summed E-state index contributed by atoms with van der Waals surface area (Å²) in [6, 6.07) is 11.2. The van der Waals surface area contributed by atoms with Crippen LogP contribution in [0.1, 0.15) is 39.7 Å². The fraction of sp³-hybridized carbons (Fsp3) is 0.667. The fourth-order valence-electron chi connectivity index (χ4n) is 3.80. The zero-order valence-corrected chi connectivity index (χ0v) is 16.8. The van der Waals surface area contributed by atoms with Gasteiger partial charge in [-0.3, -0.25) is 9.69 Å². The molecular weight excluding hydrogens is 310 g/mol. The number of rotatable bonds is 6. The van der Waals surface area contributed by atoms with E-state index in [0.717, 1.165) is 26.2 Å². The summed E-state index contributed by atoms with van der Waals surface area (Å²) < 4.78 is 0. The van der Waals surface area contributed by atoms with E-state index in [1.165, 1.54) is 5.56 Å². The minimum atomic E-state index is -0.132. The normalized spacial score (nSPS) is 22.4. The van der Waals surface area contributed by atoms with Crippen LogP contribution in [0.15, 0.2) is 30.3 Å². The lowest BCUT2D eigenvalue weighted by Gasteiger charge is -2.45. The molecule has 0 radical (unpaired) electrons. The first-order valence-corrected chi connectivity index (χ1v) is 9.44. The molecule has 0 aliphatic carbocycles. The minimum absolute atomic E-state index is 0.132. The maximum absolute atomic E-state index is 13.0. The Kier molecular flexibility index (Phi) is 6.64. The number of benzene rings is 1. The van der Waals surface area contributed by atoms with Crippen LogP contribution in [0.5, 0.6) is 0 Å². The van der Waals surface area contributed by atoms with Gasteiger partial charge in [-0.2, -0.15) is 0 Å². The van der Waals surface area contributed by atoms with Crippen LogP contribution < -0.4 is 0 Å². The fourth-order valence-corrected chi connectivity index (χ4v) is 3.80. The molecule has 1 aromatic rings. The van der Waals surface area contributed by atoms with Gasteiger partial charge >= 0.3 is 0 Å². The van der Waals surface area contributed by atoms with Gasteiger partial charge in [-0.25, -0.2) is 0 Å². The Balaban J connectivity index is 1.97. The zero-order valence-electron chi connectivity index (χ0n) is 16.8. The zero-order chi connectivity index (χ0) is 18.6. The van der Waals surface area contributed by atoms with Gasteiger partial charge in [0.2, 0.25) is 5.91 Å². The summed E-state index contributed by atoms with van der Waals surface area (Å²) in [4.78, 5) is 19.8. The van der Waals surface area contributed by atoms with Gasteiger partial charge in [0.1, 0.15) is 0 Å². The molecule has 1 aliphatic heterocycles. The Morgan fingerprint density at radius 2 is 1.68 bits per heavy atom. The van der Waals surface area contributed by atoms with Gasteiger partial charge in [-0.15, -0.1) is 0 Å². The largest absolute Gasteiger partial charge is 0.340 e. The lowest BCUT2D eigenvalue weighted by Crippen LogP contribution is -2.59. The summed E-state index contributed by atoms with van der Waals surface area (Å²) in [6.07, 6.45) is 0.564. The molecule has 1 saturated heterocycles. The van der Waals surface area contributed by atoms with Crippen LogP contribution in [0.2, 0.25) is 0 Å². The Labute approximate surface area is 153 Å². The predicted octanol–water partition coefficient (Wildman–Crippen LogP) is 2.84. The Bertz CT molecular complexity index is 544. The van der Waals surface area contributed by atoms with Gasteiger partial charge in [0.05, 0.1) is 0 Å². The molecule has 25 heavy (non-hydrogen) atoms. The molecule has 2 unspecified atom stereocenters. The van der Waals surface area contributed by atoms with Gasteiger partial charge in [-0.05, 0) is 38.9 Å². The highest BCUT2D eigenvalue weighted by molar-refractivity contribution is 5.78. The second-order valence-electron chi connectivity index (χ2n) is 8.46. The van der Waals surface area contributed by atoms with E-state index in [1.807, 2.05) is 6.07 Å². The number of piperazine rings is 1. The van der Waals surface area contributed by atoms with Crippen molar-refractivity contribution in [2.24, 2.45) is 0 Å². The highest BCUT2D eigenvalue weighted by Crippen LogP contribution is 2.28. The highest BCUT2D eigenvalue weighted by Gasteiger charge is 2.34. The summed E-state index contributed by atoms with van der Waals surface area (Å²) in [5.74, 6) is 0.278. The minimum Gasteiger partial charge on any atom is -0.340 e. The first kappa shape index (κ1) is 19.9. The molecule has 0 saturated carbocycles. The van der Waals surface area contributed by atoms with Gasteiger partial charge in [-0.1, -0.05) is 44.2 Å². The molecule has 0 spiro atoms. The van der Waals surface area contributed by atoms with Crippen molar-refractivity contribution in [2.75, 3.05) is 40.3 Å². The maximum Gasteiger partial charge on any atom is 0.223 e. The maximum atomic E-state index is 13.0. The quantitative estimate of drug-likeness (QED) is 0.793. The molecule has 2 atom stereocenters. The van der Waals surface area contributed by atoms with Gasteiger partial charge in [0.15, 0.2) is 0 Å². The smallest absolute Gasteiger partial charge is 0.223 e. The molecule has 1 aromatic carbocycles. The van der Waals surface area contributed by atoms with Crippen molar-refractivity contribution in [3.63, 3.8) is 0 Å². The highest BCUT2D eigenvalue weighted by atomic mass is 16.2. The Morgan fingerprint density at radius 1 is 1.12 bits per heavy atom. The third-order valence-corrected chi connectivity index (χ3v) is 5.41. The molecule has 140 valence electrons. The van der Waals surface area contributed by atoms with E-state index in [-0.39, 0.29) is 11.3 Å². The van der Waals surface area contributed by atoms with Crippen LogP contribution in [0.25, 0.3) is 0 Å². The molecule has 0 aromatic heterocycles. The first-order valence-electron chi connectivity index (χ1n) is 9.44. The van der Waals surface area contributed by atoms with E-state index in [2.05, 4.69) is 80.8 Å². The molecule has 1 heterocycles. The van der Waals surface area contributed by atoms with Crippen LogP contribution >= 0.6 is 0 Å². The first-order chi connectivity index (χ1) is 11.7. The van der Waals surface area contributed by atoms with Crippen molar-refractivity contribution >= 4 is 5.91 Å². The van der Waals surface area contributed by atoms with Crippen molar-refractivity contribution in [1.82, 2.24) is 14.7 Å². The Morgan fingerprint density at radius 3 is 2.20 bits per heavy atom. The standard InChI is InChI=1S/C21H35N3O/c1-17-15-23(16-18(2)24(17)13-12-22(5)6)20(25)14-21(3,4)19-10-8-7-9-11-19/h7-11,17-18H,12-16H2,1-6H3. The summed E-state index contributed by atoms with van der Waals surface area (Å²) in [5, 5.41) is 0. The van der Waals surface area contributed by atoms with E-state index < -0.39 is 0 Å². The van der Waals surface area contributed by atoms with E-state index in [1.54, 1.807) is 0 Å². The van der Waals surface area contributed by atoms with Gasteiger partial charge < -0.3 is 9.80 Å². The monoisotopic (exact) mass is 345 g/mol. The molecule has 0 bridgehead atoms. The number of hydrogen-bond acceptors (Lipinski definition) is 3. The molecule has 2 rings (SSSR count). The molecular formula is C21H35N3O. The molecule has 1 fully saturated rings. The number of hydrogen-bond donors (Lipinski definition) is 0. The van der Waals surface area contributed by atoms with Crippen LogP contribution in [0, 0.1) is 0 Å². The number of likely N-dealkylation sites (N-methyl/N-ethyl adjacent to an activating group) is 1. The second kappa shape index (κ2) is 8.33. The summed E-state index contributed by atoms with van der Waals surface area (Å²) >= 11 is 0. The molecule has 1 aliphatic rings. The summed E-state index contributed by atoms with van der Waals surface area (Å²) in [5.41, 5.74) is 1.10. The summed E-state index contributed by atoms with van der Waals surface area (Å²) in [7, 11) is 4.22. The lowest BCUT2D eigenvalue weighted by atomic mass is 9.81. The lowest BCUT2D eigenvalue weighted by molar-refractivity contribution is -0.136. The number of carbonyl (C=O) groups is 1. The van der Waals surface area contributed by atoms with Crippen molar-refractivity contribution in [1.29, 1.82) is 0 Å². The van der Waals surface area contributed by atoms with Crippen LogP contribution in [-0.2, 0) is 10.2 Å². The average Bonchev–Trinajstić information content (AvgIpc) is 2.54. The second-order valence-corrected chi connectivity index (χ2v) is 8.46. The van der Waals surface area contributed by atoms with Crippen molar-refractivity contribution in [2.45, 2.75) is 51.6 Å². The van der Waals surface area contributed by atoms with E-state index in [4.69, 9.17) is 0 Å². The van der Waals surface area contributed by atoms with Crippen molar-refractivity contribution in [3.05, 3.63) is 35.9 Å². The predicted molar refractivity (Wildman–Crippen MR) is 105 cm³/mol. The van der Waals surface area contributed by atoms with E-state index in [0.29, 0.717) is 18.5 Å². The van der Waals surface area contributed by atoms with Crippen molar-refractivity contribution in [3.8, 4) is 0 Å². The third-order valence-electron chi connectivity index (χ3n) is 5.41. The van der Waals surface area contributed by atoms with Gasteiger partial charge in [0, 0.05) is 44.7 Å². The molecule has 1 amide bonds. The molecule has 4 nitrogen and oxygen atoms in total. The van der Waals surface area contributed by atoms with E-state index >= 15 is 0 Å². The molecule has 4 heteroatoms. The Hall–Kier alpha value is -1.39. The van der Waals surface area contributed by atoms with Crippen molar-refractivity contribution < 1.29 is 4.79 Å².